The molecule has 0 N–H and O–H groups in total. The van der Waals surface area contributed by atoms with Gasteiger partial charge in [0.15, 0.2) is 0 Å². The number of hydrogen-bond acceptors (Lipinski definition) is 4. The summed E-state index contributed by atoms with van der Waals surface area (Å²) >= 11 is 0. The molecule has 1 saturated heterocycles. The zero-order valence-electron chi connectivity index (χ0n) is 15.8. The molecule has 1 aliphatic rings. The summed E-state index contributed by atoms with van der Waals surface area (Å²) in [7, 11) is 3.21. The molecule has 4 nitrogen and oxygen atoms in total. The molecule has 0 aromatic rings. The molecule has 0 aromatic heterocycles. The predicted octanol–water partition coefficient (Wildman–Crippen LogP) is 4.81. The Hall–Kier alpha value is -0.870. The van der Waals surface area contributed by atoms with Crippen LogP contribution in [0.1, 0.15) is 77.6 Å². The maximum atomic E-state index is 11.0. The van der Waals surface area contributed by atoms with Gasteiger partial charge in [0.2, 0.25) is 0 Å². The van der Waals surface area contributed by atoms with Gasteiger partial charge in [-0.2, -0.15) is 0 Å². The third kappa shape index (κ3) is 9.43. The van der Waals surface area contributed by atoms with Crippen molar-refractivity contribution in [2.45, 2.75) is 95.9 Å². The van der Waals surface area contributed by atoms with Crippen LogP contribution in [0.2, 0.25) is 0 Å². The summed E-state index contributed by atoms with van der Waals surface area (Å²) in [6, 6.07) is 0. The normalized spacial score (nSPS) is 21.1. The summed E-state index contributed by atoms with van der Waals surface area (Å²) in [5, 5.41) is 0. The van der Waals surface area contributed by atoms with Crippen molar-refractivity contribution in [3.63, 3.8) is 0 Å². The summed E-state index contributed by atoms with van der Waals surface area (Å²) in [4.78, 5) is 11.0. The molecule has 0 spiro atoms. The lowest BCUT2D eigenvalue weighted by molar-refractivity contribution is -0.140. The average molecular weight is 341 g/mol. The first-order chi connectivity index (χ1) is 11.7. The van der Waals surface area contributed by atoms with Gasteiger partial charge in [0.1, 0.15) is 12.2 Å². The smallest absolute Gasteiger partial charge is 0.305 e. The number of unbranched alkanes of at least 4 members (excludes halogenated alkanes) is 7. The van der Waals surface area contributed by atoms with Gasteiger partial charge in [-0.1, -0.05) is 57.6 Å². The molecular formula is C20H36O4. The van der Waals surface area contributed by atoms with E-state index in [-0.39, 0.29) is 18.2 Å². The van der Waals surface area contributed by atoms with Crippen LogP contribution in [-0.2, 0) is 19.0 Å². The van der Waals surface area contributed by atoms with E-state index in [1.54, 1.807) is 7.11 Å². The molecule has 0 bridgehead atoms. The lowest BCUT2D eigenvalue weighted by atomic mass is 10.1. The van der Waals surface area contributed by atoms with Crippen LogP contribution in [-0.4, -0.2) is 38.5 Å². The predicted molar refractivity (Wildman–Crippen MR) is 97.1 cm³/mol. The number of carbonyl (C=O) groups excluding carboxylic acids is 1. The van der Waals surface area contributed by atoms with Crippen LogP contribution in [0, 0.1) is 0 Å². The second-order valence-corrected chi connectivity index (χ2v) is 6.65. The maximum absolute atomic E-state index is 11.0. The van der Waals surface area contributed by atoms with Gasteiger partial charge in [-0.15, -0.1) is 0 Å². The highest BCUT2D eigenvalue weighted by Gasteiger charge is 2.43. The lowest BCUT2D eigenvalue weighted by Gasteiger charge is -2.07. The molecule has 1 fully saturated rings. The SMILES string of the molecule is CCCCCC1OC1C(C=CCCCCCCCC(=O)OC)OC. The fourth-order valence-electron chi connectivity index (χ4n) is 2.99. The molecular weight excluding hydrogens is 304 g/mol. The molecule has 3 atom stereocenters. The van der Waals surface area contributed by atoms with E-state index in [2.05, 4.69) is 23.8 Å². The van der Waals surface area contributed by atoms with Gasteiger partial charge in [-0.3, -0.25) is 4.79 Å². The highest BCUT2D eigenvalue weighted by atomic mass is 16.6. The molecule has 3 unspecified atom stereocenters. The molecule has 1 rings (SSSR count). The Morgan fingerprint density at radius 1 is 1.08 bits per heavy atom. The number of rotatable bonds is 15. The number of methoxy groups -OCH3 is 2. The molecule has 0 saturated carbocycles. The van der Waals surface area contributed by atoms with Gasteiger partial charge in [-0.05, 0) is 25.7 Å². The molecule has 1 aliphatic heterocycles. The Balaban J connectivity index is 2.00. The van der Waals surface area contributed by atoms with Crippen LogP contribution in [0.25, 0.3) is 0 Å². The highest BCUT2D eigenvalue weighted by Crippen LogP contribution is 2.32. The Kier molecular flexibility index (Phi) is 11.8. The first-order valence-electron chi connectivity index (χ1n) is 9.64. The topological polar surface area (TPSA) is 48.1 Å². The number of carbonyl (C=O) groups is 1. The Morgan fingerprint density at radius 3 is 2.54 bits per heavy atom. The first-order valence-corrected chi connectivity index (χ1v) is 9.64. The lowest BCUT2D eigenvalue weighted by Crippen LogP contribution is -2.17. The van der Waals surface area contributed by atoms with E-state index in [0.717, 1.165) is 25.7 Å². The molecule has 140 valence electrons. The highest BCUT2D eigenvalue weighted by molar-refractivity contribution is 5.68. The van der Waals surface area contributed by atoms with E-state index in [1.807, 2.05) is 0 Å². The van der Waals surface area contributed by atoms with Crippen LogP contribution in [0.15, 0.2) is 12.2 Å². The van der Waals surface area contributed by atoms with E-state index >= 15 is 0 Å². The monoisotopic (exact) mass is 340 g/mol. The van der Waals surface area contributed by atoms with Crippen LogP contribution in [0.3, 0.4) is 0 Å². The zero-order valence-corrected chi connectivity index (χ0v) is 15.8. The van der Waals surface area contributed by atoms with Gasteiger partial charge >= 0.3 is 5.97 Å². The molecule has 0 aliphatic carbocycles. The van der Waals surface area contributed by atoms with Crippen molar-refractivity contribution in [2.24, 2.45) is 0 Å². The Labute approximate surface area is 147 Å². The number of epoxide rings is 1. The molecule has 0 radical (unpaired) electrons. The Bertz CT molecular complexity index is 354. The number of allylic oxidation sites excluding steroid dienone is 1. The molecule has 0 amide bonds. The van der Waals surface area contributed by atoms with Gasteiger partial charge in [0.05, 0.1) is 13.2 Å². The summed E-state index contributed by atoms with van der Waals surface area (Å²) in [5.41, 5.74) is 0. The molecule has 0 aromatic carbocycles. The minimum absolute atomic E-state index is 0.0983. The van der Waals surface area contributed by atoms with Crippen LogP contribution >= 0.6 is 0 Å². The largest absolute Gasteiger partial charge is 0.469 e. The fraction of sp³-hybridized carbons (Fsp3) is 0.850. The summed E-state index contributed by atoms with van der Waals surface area (Å²) in [5.74, 6) is -0.0983. The third-order valence-electron chi connectivity index (χ3n) is 4.62. The number of ether oxygens (including phenoxy) is 3. The van der Waals surface area contributed by atoms with Crippen molar-refractivity contribution in [3.05, 3.63) is 12.2 Å². The summed E-state index contributed by atoms with van der Waals surface area (Å²) < 4.78 is 15.9. The average Bonchev–Trinajstić information content (AvgIpc) is 3.36. The van der Waals surface area contributed by atoms with Crippen molar-refractivity contribution in [1.29, 1.82) is 0 Å². The van der Waals surface area contributed by atoms with Gasteiger partial charge < -0.3 is 14.2 Å². The summed E-state index contributed by atoms with van der Waals surface area (Å²) in [6.07, 6.45) is 17.4. The van der Waals surface area contributed by atoms with Crippen molar-refractivity contribution in [1.82, 2.24) is 0 Å². The van der Waals surface area contributed by atoms with Crippen LogP contribution in [0.5, 0.6) is 0 Å². The number of esters is 1. The summed E-state index contributed by atoms with van der Waals surface area (Å²) in [6.45, 7) is 2.23. The van der Waals surface area contributed by atoms with E-state index in [1.165, 1.54) is 45.6 Å². The van der Waals surface area contributed by atoms with Gasteiger partial charge in [0, 0.05) is 13.5 Å². The van der Waals surface area contributed by atoms with Crippen molar-refractivity contribution >= 4 is 5.97 Å². The number of hydrogen-bond donors (Lipinski definition) is 0. The van der Waals surface area contributed by atoms with Crippen LogP contribution in [0.4, 0.5) is 0 Å². The molecule has 1 heterocycles. The molecule has 24 heavy (non-hydrogen) atoms. The quantitative estimate of drug-likeness (QED) is 0.186. The van der Waals surface area contributed by atoms with Gasteiger partial charge in [0.25, 0.3) is 0 Å². The van der Waals surface area contributed by atoms with E-state index in [4.69, 9.17) is 9.47 Å². The maximum Gasteiger partial charge on any atom is 0.305 e. The van der Waals surface area contributed by atoms with E-state index in [9.17, 15) is 4.79 Å². The van der Waals surface area contributed by atoms with Crippen molar-refractivity contribution < 1.29 is 19.0 Å². The molecule has 4 heteroatoms. The zero-order chi connectivity index (χ0) is 17.6. The van der Waals surface area contributed by atoms with E-state index in [0.29, 0.717) is 12.5 Å². The second-order valence-electron chi connectivity index (χ2n) is 6.65. The Morgan fingerprint density at radius 2 is 1.83 bits per heavy atom. The standard InChI is InChI=1S/C20H36O4/c1-4-5-11-15-18-20(24-18)17(22-2)14-12-9-7-6-8-10-13-16-19(21)23-3/h12,14,17-18,20H,4-11,13,15-16H2,1-3H3. The minimum Gasteiger partial charge on any atom is -0.469 e. The minimum atomic E-state index is -0.0983. The fourth-order valence-corrected chi connectivity index (χ4v) is 2.99. The van der Waals surface area contributed by atoms with E-state index < -0.39 is 0 Å². The van der Waals surface area contributed by atoms with Gasteiger partial charge in [-0.25, -0.2) is 0 Å². The van der Waals surface area contributed by atoms with Crippen molar-refractivity contribution in [3.8, 4) is 0 Å². The third-order valence-corrected chi connectivity index (χ3v) is 4.62. The van der Waals surface area contributed by atoms with Crippen molar-refractivity contribution in [2.75, 3.05) is 14.2 Å². The van der Waals surface area contributed by atoms with Crippen LogP contribution < -0.4 is 0 Å². The second kappa shape index (κ2) is 13.4. The first kappa shape index (κ1) is 21.2.